The molecule has 132 valence electrons. The molecule has 0 aliphatic carbocycles. The zero-order valence-electron chi connectivity index (χ0n) is 14.0. The number of carbonyl (C=O) groups excluding carboxylic acids is 1. The van der Waals surface area contributed by atoms with Gasteiger partial charge in [-0.25, -0.2) is 0 Å². The molecule has 0 fully saturated rings. The summed E-state index contributed by atoms with van der Waals surface area (Å²) in [6.45, 7) is 1.67. The molecule has 1 amide bonds. The number of benzene rings is 2. The van der Waals surface area contributed by atoms with Crippen LogP contribution < -0.4 is 20.1 Å². The smallest absolute Gasteiger partial charge is 0.222 e. The molecule has 0 bridgehead atoms. The van der Waals surface area contributed by atoms with Crippen LogP contribution in [0, 0.1) is 0 Å². The van der Waals surface area contributed by atoms with Crippen LogP contribution in [0.25, 0.3) is 0 Å². The maximum absolute atomic E-state index is 12.3. The van der Waals surface area contributed by atoms with Crippen molar-refractivity contribution in [2.45, 2.75) is 12.5 Å². The number of carbonyl (C=O) groups is 1. The third kappa shape index (κ3) is 4.24. The summed E-state index contributed by atoms with van der Waals surface area (Å²) in [5.41, 5.74) is 1.74. The van der Waals surface area contributed by atoms with E-state index in [2.05, 4.69) is 10.6 Å². The van der Waals surface area contributed by atoms with Crippen LogP contribution in [0.3, 0.4) is 0 Å². The third-order valence-electron chi connectivity index (χ3n) is 4.02. The van der Waals surface area contributed by atoms with Crippen LogP contribution in [0.2, 0.25) is 5.02 Å². The molecule has 0 spiro atoms. The molecule has 0 aromatic heterocycles. The zero-order chi connectivity index (χ0) is 17.6. The predicted octanol–water partition coefficient (Wildman–Crippen LogP) is 2.93. The standard InChI is InChI=1S/C19H21ClN2O3/c1-21-9-8-18(23)22-19(14-4-2-3-5-15(14)20)13-6-7-16-17(12-13)25-11-10-24-16/h2-7,12,19,21H,8-11H2,1H3,(H,22,23). The van der Waals surface area contributed by atoms with Crippen LogP contribution >= 0.6 is 11.6 Å². The molecule has 2 N–H and O–H groups in total. The summed E-state index contributed by atoms with van der Waals surface area (Å²) in [7, 11) is 1.82. The minimum atomic E-state index is -0.353. The molecule has 0 radical (unpaired) electrons. The van der Waals surface area contributed by atoms with Gasteiger partial charge >= 0.3 is 0 Å². The Hall–Kier alpha value is -2.24. The number of hydrogen-bond acceptors (Lipinski definition) is 4. The topological polar surface area (TPSA) is 59.6 Å². The number of fused-ring (bicyclic) bond motifs is 1. The first-order valence-electron chi connectivity index (χ1n) is 8.27. The lowest BCUT2D eigenvalue weighted by molar-refractivity contribution is -0.121. The number of rotatable bonds is 6. The summed E-state index contributed by atoms with van der Waals surface area (Å²) < 4.78 is 11.2. The molecule has 25 heavy (non-hydrogen) atoms. The molecule has 1 heterocycles. The van der Waals surface area contributed by atoms with Crippen molar-refractivity contribution >= 4 is 17.5 Å². The molecular formula is C19H21ClN2O3. The second-order valence-corrected chi connectivity index (χ2v) is 6.19. The fourth-order valence-corrected chi connectivity index (χ4v) is 3.01. The van der Waals surface area contributed by atoms with Crippen LogP contribution in [0.15, 0.2) is 42.5 Å². The Morgan fingerprint density at radius 1 is 1.16 bits per heavy atom. The van der Waals surface area contributed by atoms with E-state index in [1.165, 1.54) is 0 Å². The van der Waals surface area contributed by atoms with Crippen molar-refractivity contribution in [1.29, 1.82) is 0 Å². The van der Waals surface area contributed by atoms with Gasteiger partial charge in [0, 0.05) is 18.0 Å². The summed E-state index contributed by atoms with van der Waals surface area (Å²) in [6, 6.07) is 12.9. The van der Waals surface area contributed by atoms with Gasteiger partial charge in [-0.1, -0.05) is 35.9 Å². The Morgan fingerprint density at radius 3 is 2.68 bits per heavy atom. The molecule has 3 rings (SSSR count). The monoisotopic (exact) mass is 360 g/mol. The highest BCUT2D eigenvalue weighted by Crippen LogP contribution is 2.35. The van der Waals surface area contributed by atoms with Crippen LogP contribution in [0.4, 0.5) is 0 Å². The molecule has 6 heteroatoms. The fourth-order valence-electron chi connectivity index (χ4n) is 2.76. The summed E-state index contributed by atoms with van der Waals surface area (Å²) in [6.07, 6.45) is 0.391. The van der Waals surface area contributed by atoms with Crippen molar-refractivity contribution in [3.63, 3.8) is 0 Å². The van der Waals surface area contributed by atoms with Crippen LogP contribution in [0.1, 0.15) is 23.6 Å². The van der Waals surface area contributed by atoms with Gasteiger partial charge in [-0.3, -0.25) is 4.79 Å². The molecule has 2 aromatic rings. The minimum absolute atomic E-state index is 0.0471. The first-order chi connectivity index (χ1) is 12.2. The second kappa shape index (κ2) is 8.23. The van der Waals surface area contributed by atoms with Gasteiger partial charge in [0.05, 0.1) is 6.04 Å². The minimum Gasteiger partial charge on any atom is -0.486 e. The van der Waals surface area contributed by atoms with Crippen molar-refractivity contribution in [2.24, 2.45) is 0 Å². The number of halogens is 1. The molecule has 1 unspecified atom stereocenters. The van der Waals surface area contributed by atoms with Gasteiger partial charge in [0.25, 0.3) is 0 Å². The highest BCUT2D eigenvalue weighted by molar-refractivity contribution is 6.31. The fraction of sp³-hybridized carbons (Fsp3) is 0.316. The maximum atomic E-state index is 12.3. The molecule has 5 nitrogen and oxygen atoms in total. The third-order valence-corrected chi connectivity index (χ3v) is 4.37. The van der Waals surface area contributed by atoms with Crippen molar-refractivity contribution in [3.8, 4) is 11.5 Å². The quantitative estimate of drug-likeness (QED) is 0.831. The highest BCUT2D eigenvalue weighted by atomic mass is 35.5. The summed E-state index contributed by atoms with van der Waals surface area (Å²) >= 11 is 6.38. The van der Waals surface area contributed by atoms with Gasteiger partial charge < -0.3 is 20.1 Å². The summed E-state index contributed by atoms with van der Waals surface area (Å²) in [5, 5.41) is 6.66. The van der Waals surface area contributed by atoms with Gasteiger partial charge in [-0.15, -0.1) is 0 Å². The van der Waals surface area contributed by atoms with E-state index in [0.29, 0.717) is 37.0 Å². The Balaban J connectivity index is 1.93. The van der Waals surface area contributed by atoms with Gasteiger partial charge in [0.2, 0.25) is 5.91 Å². The average molecular weight is 361 g/mol. The van der Waals surface area contributed by atoms with E-state index >= 15 is 0 Å². The first-order valence-corrected chi connectivity index (χ1v) is 8.65. The second-order valence-electron chi connectivity index (χ2n) is 5.78. The van der Waals surface area contributed by atoms with E-state index in [0.717, 1.165) is 16.9 Å². The van der Waals surface area contributed by atoms with E-state index < -0.39 is 0 Å². The molecule has 1 aliphatic heterocycles. The summed E-state index contributed by atoms with van der Waals surface area (Å²) in [5.74, 6) is 1.36. The number of ether oxygens (including phenoxy) is 2. The first kappa shape index (κ1) is 17.6. The van der Waals surface area contributed by atoms with Gasteiger partial charge in [-0.2, -0.15) is 0 Å². The normalized spacial score (nSPS) is 14.0. The largest absolute Gasteiger partial charge is 0.486 e. The van der Waals surface area contributed by atoms with Crippen molar-refractivity contribution in [1.82, 2.24) is 10.6 Å². The average Bonchev–Trinajstić information content (AvgIpc) is 2.65. The Labute approximate surface area is 152 Å². The zero-order valence-corrected chi connectivity index (χ0v) is 14.8. The van der Waals surface area contributed by atoms with Gasteiger partial charge in [0.1, 0.15) is 13.2 Å². The van der Waals surface area contributed by atoms with Gasteiger partial charge in [0.15, 0.2) is 11.5 Å². The van der Waals surface area contributed by atoms with E-state index in [4.69, 9.17) is 21.1 Å². The molecule has 1 atom stereocenters. The predicted molar refractivity (Wildman–Crippen MR) is 97.4 cm³/mol. The summed E-state index contributed by atoms with van der Waals surface area (Å²) in [4.78, 5) is 12.3. The number of amides is 1. The lowest BCUT2D eigenvalue weighted by Gasteiger charge is -2.24. The van der Waals surface area contributed by atoms with Crippen LogP contribution in [0.5, 0.6) is 11.5 Å². The number of nitrogens with one attached hydrogen (secondary N) is 2. The molecule has 0 saturated heterocycles. The van der Waals surface area contributed by atoms with Crippen molar-refractivity contribution < 1.29 is 14.3 Å². The molecular weight excluding hydrogens is 340 g/mol. The lowest BCUT2D eigenvalue weighted by Crippen LogP contribution is -2.31. The Morgan fingerprint density at radius 2 is 1.92 bits per heavy atom. The van der Waals surface area contributed by atoms with Crippen LogP contribution in [-0.4, -0.2) is 32.7 Å². The van der Waals surface area contributed by atoms with Crippen molar-refractivity contribution in [3.05, 3.63) is 58.6 Å². The number of hydrogen-bond donors (Lipinski definition) is 2. The van der Waals surface area contributed by atoms with E-state index in [1.807, 2.05) is 49.5 Å². The van der Waals surface area contributed by atoms with E-state index in [9.17, 15) is 4.79 Å². The highest BCUT2D eigenvalue weighted by Gasteiger charge is 2.22. The van der Waals surface area contributed by atoms with E-state index in [-0.39, 0.29) is 11.9 Å². The van der Waals surface area contributed by atoms with E-state index in [1.54, 1.807) is 0 Å². The van der Waals surface area contributed by atoms with Crippen molar-refractivity contribution in [2.75, 3.05) is 26.8 Å². The molecule has 1 aliphatic rings. The van der Waals surface area contributed by atoms with Gasteiger partial charge in [-0.05, 0) is 36.4 Å². The Kier molecular flexibility index (Phi) is 5.79. The maximum Gasteiger partial charge on any atom is 0.222 e. The molecule has 0 saturated carbocycles. The Bertz CT molecular complexity index is 751. The molecule has 2 aromatic carbocycles. The van der Waals surface area contributed by atoms with Crippen LogP contribution in [-0.2, 0) is 4.79 Å². The lowest BCUT2D eigenvalue weighted by atomic mass is 9.97. The SMILES string of the molecule is CNCCC(=O)NC(c1ccc2c(c1)OCCO2)c1ccccc1Cl.